The van der Waals surface area contributed by atoms with Gasteiger partial charge >= 0.3 is 5.97 Å². The number of carbonyl (C=O) groups is 1. The van der Waals surface area contributed by atoms with Crippen molar-refractivity contribution >= 4 is 34.9 Å². The maximum atomic E-state index is 10.5. The zero-order valence-electron chi connectivity index (χ0n) is 5.77. The van der Waals surface area contributed by atoms with E-state index in [0.717, 1.165) is 0 Å². The summed E-state index contributed by atoms with van der Waals surface area (Å²) in [5, 5.41) is 8.83. The molecule has 3 nitrogen and oxygen atoms in total. The number of benzene rings is 1. The van der Waals surface area contributed by atoms with Gasteiger partial charge in [0.25, 0.3) is 0 Å². The Morgan fingerprint density at radius 3 is 2.50 bits per heavy atom. The molecule has 0 aliphatic rings. The predicted molar refractivity (Wildman–Crippen MR) is 46.2 cm³/mol. The molecule has 0 spiro atoms. The highest BCUT2D eigenvalue weighted by molar-refractivity contribution is 6.37. The Bertz CT molecular complexity index is 338. The van der Waals surface area contributed by atoms with Crippen LogP contribution in [0.2, 0.25) is 10.0 Å². The van der Waals surface area contributed by atoms with E-state index >= 15 is 0 Å². The van der Waals surface area contributed by atoms with Gasteiger partial charge in [-0.05, 0) is 12.1 Å². The Morgan fingerprint density at radius 1 is 1.42 bits per heavy atom. The number of aromatic carboxylic acids is 1. The maximum Gasteiger partial charge on any atom is 0.337 e. The van der Waals surface area contributed by atoms with Gasteiger partial charge in [0.1, 0.15) is 0 Å². The number of halogens is 2. The van der Waals surface area contributed by atoms with Gasteiger partial charge in [0.2, 0.25) is 0 Å². The molecular formula is C7H4Cl2NO2. The number of carboxylic acids is 1. The summed E-state index contributed by atoms with van der Waals surface area (Å²) >= 11 is 11.1. The molecule has 63 valence electrons. The second kappa shape index (κ2) is 3.21. The summed E-state index contributed by atoms with van der Waals surface area (Å²) in [5.74, 6) is -1.20. The first-order valence-corrected chi connectivity index (χ1v) is 3.72. The summed E-state index contributed by atoms with van der Waals surface area (Å²) in [6, 6.07) is 2.52. The average molecular weight is 205 g/mol. The molecule has 0 aromatic heterocycles. The Balaban J connectivity index is 3.37. The second-order valence-electron chi connectivity index (χ2n) is 2.12. The van der Waals surface area contributed by atoms with E-state index in [1.165, 1.54) is 12.1 Å². The molecule has 0 saturated carbocycles. The van der Waals surface area contributed by atoms with Crippen molar-refractivity contribution in [2.24, 2.45) is 0 Å². The van der Waals surface area contributed by atoms with Crippen LogP contribution in [0.15, 0.2) is 12.1 Å². The van der Waals surface area contributed by atoms with Crippen LogP contribution < -0.4 is 5.73 Å². The first-order chi connectivity index (χ1) is 5.52. The molecule has 0 aliphatic heterocycles. The average Bonchev–Trinajstić information content (AvgIpc) is 1.96. The van der Waals surface area contributed by atoms with Gasteiger partial charge in [0, 0.05) is 5.02 Å². The molecule has 0 fully saturated rings. The molecule has 1 aromatic rings. The van der Waals surface area contributed by atoms with Crippen molar-refractivity contribution in [2.75, 3.05) is 0 Å². The zero-order valence-corrected chi connectivity index (χ0v) is 7.28. The third-order valence-electron chi connectivity index (χ3n) is 1.29. The van der Waals surface area contributed by atoms with Gasteiger partial charge in [-0.25, -0.2) is 4.79 Å². The lowest BCUT2D eigenvalue weighted by molar-refractivity contribution is 0.0698. The summed E-state index contributed by atoms with van der Waals surface area (Å²) in [4.78, 5) is 10.5. The summed E-state index contributed by atoms with van der Waals surface area (Å²) in [7, 11) is 0. The van der Waals surface area contributed by atoms with Crippen molar-refractivity contribution in [3.8, 4) is 0 Å². The van der Waals surface area contributed by atoms with Crippen LogP contribution >= 0.6 is 23.2 Å². The minimum Gasteiger partial charge on any atom is -0.478 e. The van der Waals surface area contributed by atoms with Crippen molar-refractivity contribution in [1.29, 1.82) is 0 Å². The topological polar surface area (TPSA) is 61.1 Å². The van der Waals surface area contributed by atoms with E-state index in [2.05, 4.69) is 0 Å². The maximum absolute atomic E-state index is 10.5. The van der Waals surface area contributed by atoms with Crippen molar-refractivity contribution in [2.45, 2.75) is 0 Å². The first-order valence-electron chi connectivity index (χ1n) is 2.96. The molecule has 0 amide bonds. The van der Waals surface area contributed by atoms with Crippen LogP contribution in [0.1, 0.15) is 10.4 Å². The Hall–Kier alpha value is -0.930. The molecule has 0 unspecified atom stereocenters. The highest BCUT2D eigenvalue weighted by atomic mass is 35.5. The first kappa shape index (κ1) is 9.16. The molecule has 0 saturated heterocycles. The zero-order chi connectivity index (χ0) is 9.30. The SMILES string of the molecule is [NH]c1c(Cl)cc(Cl)cc1C(=O)O. The lowest BCUT2D eigenvalue weighted by Gasteiger charge is -2.01. The van der Waals surface area contributed by atoms with E-state index in [0.29, 0.717) is 0 Å². The van der Waals surface area contributed by atoms with Crippen LogP contribution in [0.25, 0.3) is 0 Å². The summed E-state index contributed by atoms with van der Waals surface area (Å²) in [6.45, 7) is 0. The Morgan fingerprint density at radius 2 is 2.00 bits per heavy atom. The van der Waals surface area contributed by atoms with Gasteiger partial charge in [-0.1, -0.05) is 23.2 Å². The molecular weight excluding hydrogens is 201 g/mol. The predicted octanol–water partition coefficient (Wildman–Crippen LogP) is 2.61. The lowest BCUT2D eigenvalue weighted by atomic mass is 10.2. The molecule has 5 heteroatoms. The number of rotatable bonds is 1. The van der Waals surface area contributed by atoms with E-state index in [4.69, 9.17) is 34.0 Å². The van der Waals surface area contributed by atoms with E-state index in [1.54, 1.807) is 0 Å². The van der Waals surface area contributed by atoms with Crippen molar-refractivity contribution < 1.29 is 9.90 Å². The van der Waals surface area contributed by atoms with Gasteiger partial charge in [-0.3, -0.25) is 5.73 Å². The van der Waals surface area contributed by atoms with Gasteiger partial charge in [0.15, 0.2) is 0 Å². The van der Waals surface area contributed by atoms with Crippen molar-refractivity contribution in [1.82, 2.24) is 5.73 Å². The second-order valence-corrected chi connectivity index (χ2v) is 2.96. The van der Waals surface area contributed by atoms with Gasteiger partial charge in [-0.2, -0.15) is 0 Å². The highest BCUT2D eigenvalue weighted by Crippen LogP contribution is 2.28. The monoisotopic (exact) mass is 204 g/mol. The van der Waals surface area contributed by atoms with E-state index in [1.807, 2.05) is 0 Å². The van der Waals surface area contributed by atoms with Crippen molar-refractivity contribution in [3.63, 3.8) is 0 Å². The lowest BCUT2D eigenvalue weighted by Crippen LogP contribution is -1.98. The third-order valence-corrected chi connectivity index (χ3v) is 1.80. The summed E-state index contributed by atoms with van der Waals surface area (Å²) in [6.07, 6.45) is 0. The fraction of sp³-hybridized carbons (Fsp3) is 0. The van der Waals surface area contributed by atoms with Gasteiger partial charge in [-0.15, -0.1) is 0 Å². The minimum absolute atomic E-state index is 0.0416. The fourth-order valence-electron chi connectivity index (χ4n) is 0.742. The molecule has 1 aromatic carbocycles. The van der Waals surface area contributed by atoms with E-state index in [9.17, 15) is 4.79 Å². The minimum atomic E-state index is -1.20. The smallest absolute Gasteiger partial charge is 0.337 e. The normalized spacial score (nSPS) is 9.83. The molecule has 12 heavy (non-hydrogen) atoms. The molecule has 1 radical (unpaired) electrons. The molecule has 2 N–H and O–H groups in total. The highest BCUT2D eigenvalue weighted by Gasteiger charge is 2.12. The van der Waals surface area contributed by atoms with Crippen LogP contribution in [-0.2, 0) is 0 Å². The van der Waals surface area contributed by atoms with Crippen LogP contribution in [0.3, 0.4) is 0 Å². The van der Waals surface area contributed by atoms with Crippen LogP contribution in [0.4, 0.5) is 5.69 Å². The van der Waals surface area contributed by atoms with E-state index < -0.39 is 5.97 Å². The molecule has 0 bridgehead atoms. The molecule has 0 aliphatic carbocycles. The molecule has 0 atom stereocenters. The number of hydrogen-bond acceptors (Lipinski definition) is 1. The fourth-order valence-corrected chi connectivity index (χ4v) is 1.24. The van der Waals surface area contributed by atoms with Crippen LogP contribution in [0.5, 0.6) is 0 Å². The Kier molecular flexibility index (Phi) is 2.45. The summed E-state index contributed by atoms with van der Waals surface area (Å²) < 4.78 is 0. The molecule has 0 heterocycles. The quantitative estimate of drug-likeness (QED) is 0.765. The van der Waals surface area contributed by atoms with Gasteiger partial charge in [0.05, 0.1) is 16.3 Å². The van der Waals surface area contributed by atoms with Gasteiger partial charge < -0.3 is 5.11 Å². The third kappa shape index (κ3) is 1.62. The Labute approximate surface area is 78.7 Å². The standard InChI is InChI=1S/C7H4Cl2NO2/c8-3-1-4(7(11)12)6(10)5(9)2-3/h1-2,10H,(H,11,12). The van der Waals surface area contributed by atoms with E-state index in [-0.39, 0.29) is 21.3 Å². The number of carboxylic acid groups (broad SMARTS) is 1. The number of hydrogen-bond donors (Lipinski definition) is 1. The summed E-state index contributed by atoms with van der Waals surface area (Å²) in [5.41, 5.74) is 6.85. The van der Waals surface area contributed by atoms with Crippen LogP contribution in [-0.4, -0.2) is 11.1 Å². The van der Waals surface area contributed by atoms with Crippen LogP contribution in [0, 0.1) is 0 Å². The number of nitrogens with one attached hydrogen (secondary N) is 1. The van der Waals surface area contributed by atoms with Crippen molar-refractivity contribution in [3.05, 3.63) is 27.7 Å². The largest absolute Gasteiger partial charge is 0.478 e. The molecule has 1 rings (SSSR count).